The Morgan fingerprint density at radius 1 is 1.12 bits per heavy atom. The van der Waals surface area contributed by atoms with Gasteiger partial charge in [-0.3, -0.25) is 14.4 Å². The van der Waals surface area contributed by atoms with Crippen LogP contribution in [-0.4, -0.2) is 53.5 Å². The Morgan fingerprint density at radius 3 is 2.39 bits per heavy atom. The number of benzene rings is 2. The standard InChI is InChI=1S/C24H28ClN3O2.CH2O2/c25-19-8-4-7-18(14-19)24(16-26)11-9-20(10-12-24)28-15-22(29)27-21(23(28)30)13-17-5-2-1-3-6-17;2-1-3/h1-8,14,20-21H,9-13,15-16,26H2,(H,27,29);1H,(H,2,3)/t20-,21-,24-;/m0./s1. The van der Waals surface area contributed by atoms with E-state index < -0.39 is 6.04 Å². The summed E-state index contributed by atoms with van der Waals surface area (Å²) in [6.07, 6.45) is 3.94. The molecule has 1 atom stereocenters. The van der Waals surface area contributed by atoms with Gasteiger partial charge < -0.3 is 21.1 Å². The zero-order chi connectivity index (χ0) is 23.8. The maximum absolute atomic E-state index is 13.2. The Balaban J connectivity index is 0.000000968. The summed E-state index contributed by atoms with van der Waals surface area (Å²) in [6.45, 7) is 0.437. The highest BCUT2D eigenvalue weighted by atomic mass is 35.5. The summed E-state index contributed by atoms with van der Waals surface area (Å²) >= 11 is 6.21. The summed E-state index contributed by atoms with van der Waals surface area (Å²) in [5.74, 6) is -0.0625. The van der Waals surface area contributed by atoms with Crippen molar-refractivity contribution < 1.29 is 19.5 Å². The molecule has 0 aromatic heterocycles. The fraction of sp³-hybridized carbons (Fsp3) is 0.400. The molecule has 2 amide bonds. The van der Waals surface area contributed by atoms with E-state index in [-0.39, 0.29) is 36.3 Å². The van der Waals surface area contributed by atoms with Crippen molar-refractivity contribution in [3.63, 3.8) is 0 Å². The molecule has 0 spiro atoms. The van der Waals surface area contributed by atoms with Crippen molar-refractivity contribution >= 4 is 29.9 Å². The number of hydrogen-bond acceptors (Lipinski definition) is 4. The Hall–Kier alpha value is -2.90. The molecule has 176 valence electrons. The number of amides is 2. The maximum Gasteiger partial charge on any atom is 0.290 e. The number of halogens is 1. The highest BCUT2D eigenvalue weighted by Gasteiger charge is 2.42. The molecule has 1 aliphatic heterocycles. The van der Waals surface area contributed by atoms with E-state index in [0.717, 1.165) is 31.2 Å². The van der Waals surface area contributed by atoms with Crippen molar-refractivity contribution in [3.8, 4) is 0 Å². The van der Waals surface area contributed by atoms with Crippen LogP contribution in [0.15, 0.2) is 54.6 Å². The number of carbonyl (C=O) groups excluding carboxylic acids is 2. The van der Waals surface area contributed by atoms with E-state index in [4.69, 9.17) is 27.2 Å². The van der Waals surface area contributed by atoms with Crippen LogP contribution in [0, 0.1) is 0 Å². The predicted molar refractivity (Wildman–Crippen MR) is 127 cm³/mol. The lowest BCUT2D eigenvalue weighted by Gasteiger charge is -2.45. The third-order valence-electron chi connectivity index (χ3n) is 6.69. The second-order valence-corrected chi connectivity index (χ2v) is 9.04. The molecule has 33 heavy (non-hydrogen) atoms. The molecule has 2 aromatic carbocycles. The Labute approximate surface area is 198 Å². The lowest BCUT2D eigenvalue weighted by Crippen LogP contribution is -2.62. The zero-order valence-electron chi connectivity index (χ0n) is 18.5. The van der Waals surface area contributed by atoms with E-state index in [9.17, 15) is 9.59 Å². The van der Waals surface area contributed by atoms with Crippen molar-refractivity contribution in [2.24, 2.45) is 5.73 Å². The third-order valence-corrected chi connectivity index (χ3v) is 6.93. The Morgan fingerprint density at radius 2 is 1.79 bits per heavy atom. The van der Waals surface area contributed by atoms with Crippen LogP contribution in [0.5, 0.6) is 0 Å². The van der Waals surface area contributed by atoms with Gasteiger partial charge in [0.1, 0.15) is 6.04 Å². The molecule has 4 N–H and O–H groups in total. The summed E-state index contributed by atoms with van der Waals surface area (Å²) in [5.41, 5.74) is 8.31. The summed E-state index contributed by atoms with van der Waals surface area (Å²) < 4.78 is 0. The van der Waals surface area contributed by atoms with E-state index >= 15 is 0 Å². The highest BCUT2D eigenvalue weighted by Crippen LogP contribution is 2.41. The molecule has 7 nitrogen and oxygen atoms in total. The predicted octanol–water partition coefficient (Wildman–Crippen LogP) is 2.75. The fourth-order valence-electron chi connectivity index (χ4n) is 4.93. The number of nitrogens with zero attached hydrogens (tertiary/aromatic N) is 1. The quantitative estimate of drug-likeness (QED) is 0.580. The molecule has 0 unspecified atom stereocenters. The molecule has 8 heteroatoms. The van der Waals surface area contributed by atoms with Crippen LogP contribution in [0.3, 0.4) is 0 Å². The minimum atomic E-state index is -0.497. The Bertz CT molecular complexity index is 961. The van der Waals surface area contributed by atoms with E-state index in [1.54, 1.807) is 4.90 Å². The first-order chi connectivity index (χ1) is 15.9. The summed E-state index contributed by atoms with van der Waals surface area (Å²) in [6, 6.07) is 17.3. The molecule has 0 bridgehead atoms. The smallest absolute Gasteiger partial charge is 0.290 e. The molecule has 2 aliphatic rings. The van der Waals surface area contributed by atoms with Crippen molar-refractivity contribution in [2.45, 2.75) is 49.6 Å². The SMILES string of the molecule is NC[C@]1(c2cccc(Cl)c2)CC[C@H](N2CC(=O)N[C@@H](Cc3ccccc3)C2=O)CC1.O=CO. The van der Waals surface area contributed by atoms with E-state index in [2.05, 4.69) is 11.4 Å². The average molecular weight is 472 g/mol. The fourth-order valence-corrected chi connectivity index (χ4v) is 5.12. The summed E-state index contributed by atoms with van der Waals surface area (Å²) in [7, 11) is 0. The molecule has 1 heterocycles. The van der Waals surface area contributed by atoms with Gasteiger partial charge in [0.05, 0.1) is 6.54 Å². The largest absolute Gasteiger partial charge is 0.483 e. The average Bonchev–Trinajstić information content (AvgIpc) is 2.82. The molecule has 0 radical (unpaired) electrons. The zero-order valence-corrected chi connectivity index (χ0v) is 19.2. The minimum Gasteiger partial charge on any atom is -0.483 e. The highest BCUT2D eigenvalue weighted by molar-refractivity contribution is 6.30. The van der Waals surface area contributed by atoms with Gasteiger partial charge in [-0.2, -0.15) is 0 Å². The first-order valence-corrected chi connectivity index (χ1v) is 11.5. The van der Waals surface area contributed by atoms with Gasteiger partial charge in [0, 0.05) is 29.4 Å². The van der Waals surface area contributed by atoms with Crippen LogP contribution in [0.4, 0.5) is 0 Å². The molecule has 1 saturated carbocycles. The number of nitrogens with two attached hydrogens (primary N) is 1. The normalized spacial score (nSPS) is 25.0. The van der Waals surface area contributed by atoms with Crippen LogP contribution < -0.4 is 11.1 Å². The lowest BCUT2D eigenvalue weighted by molar-refractivity contribution is -0.147. The molecule has 4 rings (SSSR count). The number of nitrogens with one attached hydrogen (secondary N) is 1. The number of carbonyl (C=O) groups is 3. The second kappa shape index (κ2) is 11.3. The van der Waals surface area contributed by atoms with Crippen molar-refractivity contribution in [1.82, 2.24) is 10.2 Å². The molecular formula is C25H30ClN3O4. The lowest BCUT2D eigenvalue weighted by atomic mass is 9.68. The van der Waals surface area contributed by atoms with Crippen molar-refractivity contribution in [1.29, 1.82) is 0 Å². The maximum atomic E-state index is 13.2. The van der Waals surface area contributed by atoms with Crippen LogP contribution in [0.25, 0.3) is 0 Å². The first kappa shape index (κ1) is 24.7. The van der Waals surface area contributed by atoms with Crippen molar-refractivity contribution in [3.05, 3.63) is 70.7 Å². The molecule has 1 saturated heterocycles. The summed E-state index contributed by atoms with van der Waals surface area (Å²) in [5, 5.41) is 10.5. The first-order valence-electron chi connectivity index (χ1n) is 11.1. The number of piperazine rings is 1. The van der Waals surface area contributed by atoms with Crippen LogP contribution in [0.1, 0.15) is 36.8 Å². The Kier molecular flexibility index (Phi) is 8.47. The van der Waals surface area contributed by atoms with Gasteiger partial charge in [0.25, 0.3) is 6.47 Å². The van der Waals surface area contributed by atoms with Gasteiger partial charge in [-0.1, -0.05) is 54.1 Å². The molecule has 2 aromatic rings. The third kappa shape index (κ3) is 5.92. The van der Waals surface area contributed by atoms with Crippen LogP contribution >= 0.6 is 11.6 Å². The topological polar surface area (TPSA) is 113 Å². The number of carboxylic acid groups (broad SMARTS) is 1. The molecule has 2 fully saturated rings. The monoisotopic (exact) mass is 471 g/mol. The number of rotatable bonds is 5. The van der Waals surface area contributed by atoms with E-state index in [0.29, 0.717) is 18.0 Å². The van der Waals surface area contributed by atoms with E-state index in [1.165, 1.54) is 5.56 Å². The van der Waals surface area contributed by atoms with Gasteiger partial charge in [0.15, 0.2) is 0 Å². The molecule has 1 aliphatic carbocycles. The van der Waals surface area contributed by atoms with Gasteiger partial charge in [-0.25, -0.2) is 0 Å². The van der Waals surface area contributed by atoms with Crippen molar-refractivity contribution in [2.75, 3.05) is 13.1 Å². The molecular weight excluding hydrogens is 442 g/mol. The summed E-state index contributed by atoms with van der Waals surface area (Å²) in [4.78, 5) is 35.7. The van der Waals surface area contributed by atoms with Gasteiger partial charge in [-0.15, -0.1) is 0 Å². The minimum absolute atomic E-state index is 0.0199. The van der Waals surface area contributed by atoms with Crippen LogP contribution in [0.2, 0.25) is 5.02 Å². The van der Waals surface area contributed by atoms with Crippen LogP contribution in [-0.2, 0) is 26.2 Å². The number of hydrogen-bond donors (Lipinski definition) is 3. The van der Waals surface area contributed by atoms with Gasteiger partial charge in [-0.05, 0) is 48.9 Å². The second-order valence-electron chi connectivity index (χ2n) is 8.61. The van der Waals surface area contributed by atoms with Gasteiger partial charge in [0.2, 0.25) is 11.8 Å². The van der Waals surface area contributed by atoms with E-state index in [1.807, 2.05) is 48.5 Å². The van der Waals surface area contributed by atoms with Gasteiger partial charge >= 0.3 is 0 Å².